The Kier molecular flexibility index (Phi) is 13.7. The predicted molar refractivity (Wildman–Crippen MR) is 112 cm³/mol. The van der Waals surface area contributed by atoms with E-state index in [9.17, 15) is 9.59 Å². The normalized spacial score (nSPS) is 11.6. The van der Waals surface area contributed by atoms with Gasteiger partial charge in [-0.2, -0.15) is 0 Å². The van der Waals surface area contributed by atoms with Gasteiger partial charge in [0.05, 0.1) is 13.2 Å². The zero-order valence-electron chi connectivity index (χ0n) is 17.6. The average Bonchev–Trinajstić information content (AvgIpc) is 2.71. The predicted octanol–water partition coefficient (Wildman–Crippen LogP) is 5.42. The maximum Gasteiger partial charge on any atom is 0.407 e. The molecule has 28 heavy (non-hydrogen) atoms. The van der Waals surface area contributed by atoms with Crippen molar-refractivity contribution in [2.75, 3.05) is 13.2 Å². The standard InChI is InChI=1S/C23H37NO4/c1-3-5-6-7-8-9-10-14-18-27-22(25)21(24-23(26)28-17-4-2)19-20-15-12-11-13-16-20/h11-13,15-16,21H,3-10,14,17-19H2,1-2H3,(H,24,26)/t21-/m0/s1. The molecule has 0 heterocycles. The molecule has 0 aromatic heterocycles. The maximum atomic E-state index is 12.5. The number of ether oxygens (including phenoxy) is 2. The van der Waals surface area contributed by atoms with Gasteiger partial charge >= 0.3 is 12.1 Å². The fourth-order valence-electron chi connectivity index (χ4n) is 2.93. The summed E-state index contributed by atoms with van der Waals surface area (Å²) in [4.78, 5) is 24.4. The Morgan fingerprint density at radius 2 is 1.46 bits per heavy atom. The fourth-order valence-corrected chi connectivity index (χ4v) is 2.93. The smallest absolute Gasteiger partial charge is 0.407 e. The summed E-state index contributed by atoms with van der Waals surface area (Å²) in [6, 6.07) is 8.86. The second-order valence-electron chi connectivity index (χ2n) is 7.16. The summed E-state index contributed by atoms with van der Waals surface area (Å²) in [5, 5.41) is 2.65. The van der Waals surface area contributed by atoms with Gasteiger partial charge in [-0.05, 0) is 18.4 Å². The van der Waals surface area contributed by atoms with Crippen molar-refractivity contribution in [2.24, 2.45) is 0 Å². The third-order valence-corrected chi connectivity index (χ3v) is 4.54. The molecule has 0 spiro atoms. The van der Waals surface area contributed by atoms with Crippen LogP contribution < -0.4 is 5.32 Å². The highest BCUT2D eigenvalue weighted by Crippen LogP contribution is 2.09. The van der Waals surface area contributed by atoms with Crippen molar-refractivity contribution >= 4 is 12.1 Å². The van der Waals surface area contributed by atoms with E-state index in [0.29, 0.717) is 19.6 Å². The van der Waals surface area contributed by atoms with E-state index in [1.165, 1.54) is 38.5 Å². The highest BCUT2D eigenvalue weighted by atomic mass is 16.6. The van der Waals surface area contributed by atoms with Gasteiger partial charge in [0.15, 0.2) is 0 Å². The highest BCUT2D eigenvalue weighted by Gasteiger charge is 2.23. The number of hydrogen-bond acceptors (Lipinski definition) is 4. The van der Waals surface area contributed by atoms with Gasteiger partial charge in [0.1, 0.15) is 6.04 Å². The SMILES string of the molecule is CCCCCCCCCCOC(=O)[C@H](Cc1ccccc1)NC(=O)OCCC. The van der Waals surface area contributed by atoms with Gasteiger partial charge in [-0.3, -0.25) is 0 Å². The lowest BCUT2D eigenvalue weighted by Crippen LogP contribution is -2.43. The molecule has 5 heteroatoms. The van der Waals surface area contributed by atoms with Crippen LogP contribution >= 0.6 is 0 Å². The van der Waals surface area contributed by atoms with E-state index < -0.39 is 18.1 Å². The van der Waals surface area contributed by atoms with Crippen molar-refractivity contribution in [3.63, 3.8) is 0 Å². The summed E-state index contributed by atoms with van der Waals surface area (Å²) in [5.41, 5.74) is 0.965. The quantitative estimate of drug-likeness (QED) is 0.320. The molecular weight excluding hydrogens is 354 g/mol. The van der Waals surface area contributed by atoms with Crippen molar-refractivity contribution in [2.45, 2.75) is 84.1 Å². The number of carbonyl (C=O) groups is 2. The van der Waals surface area contributed by atoms with Crippen molar-refractivity contribution < 1.29 is 19.1 Å². The zero-order chi connectivity index (χ0) is 20.5. The van der Waals surface area contributed by atoms with Crippen molar-refractivity contribution in [3.05, 3.63) is 35.9 Å². The molecule has 1 amide bonds. The molecule has 1 atom stereocenters. The molecule has 158 valence electrons. The molecule has 0 aliphatic heterocycles. The Labute approximate surface area is 170 Å². The minimum absolute atomic E-state index is 0.331. The van der Waals surface area contributed by atoms with E-state index in [4.69, 9.17) is 9.47 Å². The summed E-state index contributed by atoms with van der Waals surface area (Å²) in [5.74, 6) is -0.403. The number of alkyl carbamates (subject to hydrolysis) is 1. The van der Waals surface area contributed by atoms with Gasteiger partial charge in [-0.25, -0.2) is 9.59 Å². The van der Waals surface area contributed by atoms with Crippen LogP contribution in [0.15, 0.2) is 30.3 Å². The van der Waals surface area contributed by atoms with E-state index >= 15 is 0 Å². The highest BCUT2D eigenvalue weighted by molar-refractivity contribution is 5.81. The van der Waals surface area contributed by atoms with Crippen LogP contribution in [-0.2, 0) is 20.7 Å². The Morgan fingerprint density at radius 1 is 0.821 bits per heavy atom. The van der Waals surface area contributed by atoms with E-state index in [0.717, 1.165) is 24.8 Å². The van der Waals surface area contributed by atoms with Crippen LogP contribution in [0.3, 0.4) is 0 Å². The molecule has 5 nitrogen and oxygen atoms in total. The number of nitrogens with one attached hydrogen (secondary N) is 1. The lowest BCUT2D eigenvalue weighted by atomic mass is 10.1. The first-order chi connectivity index (χ1) is 13.7. The maximum absolute atomic E-state index is 12.5. The van der Waals surface area contributed by atoms with Gasteiger partial charge in [-0.1, -0.05) is 89.1 Å². The molecule has 0 bridgehead atoms. The first kappa shape index (κ1) is 24.0. The monoisotopic (exact) mass is 391 g/mol. The summed E-state index contributed by atoms with van der Waals surface area (Å²) in [7, 11) is 0. The molecule has 0 saturated heterocycles. The first-order valence-electron chi connectivity index (χ1n) is 10.8. The van der Waals surface area contributed by atoms with Gasteiger partial charge < -0.3 is 14.8 Å². The molecule has 0 saturated carbocycles. The Hall–Kier alpha value is -2.04. The summed E-state index contributed by atoms with van der Waals surface area (Å²) in [6.07, 6.45) is 10.1. The van der Waals surface area contributed by atoms with Crippen LogP contribution in [0.1, 0.15) is 77.2 Å². The average molecular weight is 392 g/mol. The third kappa shape index (κ3) is 11.6. The number of benzene rings is 1. The number of rotatable bonds is 15. The van der Waals surface area contributed by atoms with Crippen molar-refractivity contribution in [1.29, 1.82) is 0 Å². The van der Waals surface area contributed by atoms with E-state index in [2.05, 4.69) is 12.2 Å². The van der Waals surface area contributed by atoms with E-state index in [1.807, 2.05) is 37.3 Å². The number of unbranched alkanes of at least 4 members (excludes halogenated alkanes) is 7. The third-order valence-electron chi connectivity index (χ3n) is 4.54. The Morgan fingerprint density at radius 3 is 2.11 bits per heavy atom. The zero-order valence-corrected chi connectivity index (χ0v) is 17.6. The molecule has 1 aromatic rings. The lowest BCUT2D eigenvalue weighted by Gasteiger charge is -2.17. The van der Waals surface area contributed by atoms with Crippen molar-refractivity contribution in [1.82, 2.24) is 5.32 Å². The van der Waals surface area contributed by atoms with Gasteiger partial charge in [-0.15, -0.1) is 0 Å². The van der Waals surface area contributed by atoms with Gasteiger partial charge in [0.25, 0.3) is 0 Å². The number of esters is 1. The lowest BCUT2D eigenvalue weighted by molar-refractivity contribution is -0.146. The van der Waals surface area contributed by atoms with Crippen LogP contribution in [0, 0.1) is 0 Å². The number of amides is 1. The van der Waals surface area contributed by atoms with Gasteiger partial charge in [0, 0.05) is 6.42 Å². The summed E-state index contributed by atoms with van der Waals surface area (Å²) >= 11 is 0. The van der Waals surface area contributed by atoms with Crippen molar-refractivity contribution in [3.8, 4) is 0 Å². The second-order valence-corrected chi connectivity index (χ2v) is 7.16. The number of carbonyl (C=O) groups excluding carboxylic acids is 2. The molecule has 1 aromatic carbocycles. The molecule has 0 aliphatic carbocycles. The second kappa shape index (κ2) is 16.0. The van der Waals surface area contributed by atoms with Crippen LogP contribution in [0.5, 0.6) is 0 Å². The van der Waals surface area contributed by atoms with Crippen LogP contribution in [0.25, 0.3) is 0 Å². The van der Waals surface area contributed by atoms with Crippen LogP contribution in [0.4, 0.5) is 4.79 Å². The van der Waals surface area contributed by atoms with Crippen LogP contribution in [-0.4, -0.2) is 31.3 Å². The van der Waals surface area contributed by atoms with Gasteiger partial charge in [0.2, 0.25) is 0 Å². The summed E-state index contributed by atoms with van der Waals surface area (Å²) in [6.45, 7) is 4.87. The molecule has 0 radical (unpaired) electrons. The minimum atomic E-state index is -0.735. The molecule has 0 fully saturated rings. The largest absolute Gasteiger partial charge is 0.464 e. The molecule has 1 rings (SSSR count). The Balaban J connectivity index is 2.36. The first-order valence-corrected chi connectivity index (χ1v) is 10.8. The fraction of sp³-hybridized carbons (Fsp3) is 0.652. The number of hydrogen-bond donors (Lipinski definition) is 1. The van der Waals surface area contributed by atoms with E-state index in [-0.39, 0.29) is 0 Å². The molecule has 1 N–H and O–H groups in total. The summed E-state index contributed by atoms with van der Waals surface area (Å²) < 4.78 is 10.5. The molecule has 0 unspecified atom stereocenters. The Bertz CT molecular complexity index is 533. The minimum Gasteiger partial charge on any atom is -0.464 e. The van der Waals surface area contributed by atoms with E-state index in [1.54, 1.807) is 0 Å². The topological polar surface area (TPSA) is 64.6 Å². The molecular formula is C23H37NO4. The van der Waals surface area contributed by atoms with Crippen LogP contribution in [0.2, 0.25) is 0 Å². The molecule has 0 aliphatic rings.